The normalized spacial score (nSPS) is 13.1. The Balaban J connectivity index is 0.00000192. The fourth-order valence-corrected chi connectivity index (χ4v) is 2.74. The number of aromatic amines is 1. The maximum atomic E-state index is 12.4. The minimum absolute atomic E-state index is 0. The summed E-state index contributed by atoms with van der Waals surface area (Å²) >= 11 is 0. The number of fused-ring (bicyclic) bond motifs is 1. The summed E-state index contributed by atoms with van der Waals surface area (Å²) in [4.78, 5) is 12.4. The lowest BCUT2D eigenvalue weighted by molar-refractivity contribution is 0.102. The molecule has 124 valence electrons. The highest BCUT2D eigenvalue weighted by Crippen LogP contribution is 2.18. The van der Waals surface area contributed by atoms with E-state index in [1.54, 1.807) is 0 Å². The molecule has 0 bridgehead atoms. The van der Waals surface area contributed by atoms with Crippen LogP contribution < -0.4 is 10.6 Å². The van der Waals surface area contributed by atoms with Crippen molar-refractivity contribution in [2.75, 3.05) is 11.9 Å². The van der Waals surface area contributed by atoms with Gasteiger partial charge in [0, 0.05) is 36.5 Å². The van der Waals surface area contributed by atoms with Crippen LogP contribution in [0.1, 0.15) is 47.1 Å². The van der Waals surface area contributed by atoms with Gasteiger partial charge >= 0.3 is 0 Å². The van der Waals surface area contributed by atoms with Gasteiger partial charge in [-0.25, -0.2) is 0 Å². The molecule has 1 aliphatic heterocycles. The van der Waals surface area contributed by atoms with E-state index in [1.807, 2.05) is 12.1 Å². The fourth-order valence-electron chi connectivity index (χ4n) is 2.74. The van der Waals surface area contributed by atoms with Crippen LogP contribution in [-0.2, 0) is 19.4 Å². The SMILES string of the molecule is CCCCc1ccc(NC(=O)c2n[nH]c3c2CNCC3)cc1.Cl. The van der Waals surface area contributed by atoms with Crippen molar-refractivity contribution in [3.05, 3.63) is 46.8 Å². The van der Waals surface area contributed by atoms with Crippen LogP contribution in [0.5, 0.6) is 0 Å². The van der Waals surface area contributed by atoms with Crippen LogP contribution in [0.4, 0.5) is 5.69 Å². The van der Waals surface area contributed by atoms with Gasteiger partial charge in [-0.15, -0.1) is 12.4 Å². The van der Waals surface area contributed by atoms with E-state index in [9.17, 15) is 4.79 Å². The number of nitrogens with one attached hydrogen (secondary N) is 3. The van der Waals surface area contributed by atoms with Crippen molar-refractivity contribution < 1.29 is 4.79 Å². The quantitative estimate of drug-likeness (QED) is 0.787. The number of amides is 1. The molecule has 0 fully saturated rings. The summed E-state index contributed by atoms with van der Waals surface area (Å²) in [5.74, 6) is -0.150. The number of aryl methyl sites for hydroxylation is 1. The zero-order valence-corrected chi connectivity index (χ0v) is 14.1. The topological polar surface area (TPSA) is 69.8 Å². The lowest BCUT2D eigenvalue weighted by Crippen LogP contribution is -2.25. The first kappa shape index (κ1) is 17.5. The van der Waals surface area contributed by atoms with Gasteiger partial charge in [-0.3, -0.25) is 9.89 Å². The minimum atomic E-state index is -0.150. The van der Waals surface area contributed by atoms with Crippen LogP contribution in [0.3, 0.4) is 0 Å². The number of carbonyl (C=O) groups is 1. The Kier molecular flexibility index (Phi) is 6.19. The molecule has 23 heavy (non-hydrogen) atoms. The molecule has 0 aliphatic carbocycles. The predicted octanol–water partition coefficient (Wildman–Crippen LogP) is 3.07. The molecule has 5 nitrogen and oxygen atoms in total. The zero-order valence-electron chi connectivity index (χ0n) is 13.3. The van der Waals surface area contributed by atoms with E-state index >= 15 is 0 Å². The van der Waals surface area contributed by atoms with Crippen molar-refractivity contribution >= 4 is 24.0 Å². The number of nitrogens with zero attached hydrogens (tertiary/aromatic N) is 1. The summed E-state index contributed by atoms with van der Waals surface area (Å²) < 4.78 is 0. The van der Waals surface area contributed by atoms with E-state index < -0.39 is 0 Å². The van der Waals surface area contributed by atoms with Gasteiger partial charge < -0.3 is 10.6 Å². The highest BCUT2D eigenvalue weighted by atomic mass is 35.5. The highest BCUT2D eigenvalue weighted by Gasteiger charge is 2.21. The Bertz CT molecular complexity index is 651. The molecule has 3 N–H and O–H groups in total. The van der Waals surface area contributed by atoms with Crippen LogP contribution in [0.15, 0.2) is 24.3 Å². The number of aromatic nitrogens is 2. The Morgan fingerprint density at radius 3 is 2.83 bits per heavy atom. The smallest absolute Gasteiger partial charge is 0.276 e. The van der Waals surface area contributed by atoms with Gasteiger partial charge in [0.15, 0.2) is 5.69 Å². The maximum Gasteiger partial charge on any atom is 0.276 e. The van der Waals surface area contributed by atoms with Crippen molar-refractivity contribution in [2.24, 2.45) is 0 Å². The number of hydrogen-bond acceptors (Lipinski definition) is 3. The van der Waals surface area contributed by atoms with Gasteiger partial charge in [0.25, 0.3) is 5.91 Å². The van der Waals surface area contributed by atoms with E-state index in [0.29, 0.717) is 12.2 Å². The third kappa shape index (κ3) is 4.12. The number of anilines is 1. The predicted molar refractivity (Wildman–Crippen MR) is 94.3 cm³/mol. The largest absolute Gasteiger partial charge is 0.321 e. The summed E-state index contributed by atoms with van der Waals surface area (Å²) in [5, 5.41) is 13.4. The molecule has 0 atom stereocenters. The molecule has 0 saturated carbocycles. The molecule has 0 radical (unpaired) electrons. The minimum Gasteiger partial charge on any atom is -0.321 e. The van der Waals surface area contributed by atoms with Gasteiger partial charge in [0.05, 0.1) is 0 Å². The Hall–Kier alpha value is -1.85. The molecule has 3 rings (SSSR count). The van der Waals surface area contributed by atoms with Gasteiger partial charge in [0.1, 0.15) is 0 Å². The van der Waals surface area contributed by atoms with Crippen LogP contribution in [-0.4, -0.2) is 22.6 Å². The molecule has 1 amide bonds. The van der Waals surface area contributed by atoms with Gasteiger partial charge in [-0.2, -0.15) is 5.10 Å². The number of carbonyl (C=O) groups excluding carboxylic acids is 1. The molecule has 6 heteroatoms. The van der Waals surface area contributed by atoms with E-state index in [2.05, 4.69) is 39.9 Å². The number of hydrogen-bond donors (Lipinski definition) is 3. The second-order valence-electron chi connectivity index (χ2n) is 5.71. The van der Waals surface area contributed by atoms with E-state index in [4.69, 9.17) is 0 Å². The summed E-state index contributed by atoms with van der Waals surface area (Å²) in [7, 11) is 0. The first-order valence-electron chi connectivity index (χ1n) is 7.95. The van der Waals surface area contributed by atoms with Crippen LogP contribution in [0, 0.1) is 0 Å². The number of halogens is 1. The van der Waals surface area contributed by atoms with Crippen molar-refractivity contribution in [3.63, 3.8) is 0 Å². The zero-order chi connectivity index (χ0) is 15.4. The fraction of sp³-hybridized carbons (Fsp3) is 0.412. The first-order valence-corrected chi connectivity index (χ1v) is 7.95. The van der Waals surface area contributed by atoms with Crippen molar-refractivity contribution in [1.29, 1.82) is 0 Å². The second-order valence-corrected chi connectivity index (χ2v) is 5.71. The van der Waals surface area contributed by atoms with Gasteiger partial charge in [0.2, 0.25) is 0 Å². The molecule has 2 aromatic rings. The van der Waals surface area contributed by atoms with E-state index in [-0.39, 0.29) is 18.3 Å². The average molecular weight is 335 g/mol. The van der Waals surface area contributed by atoms with Crippen molar-refractivity contribution in [1.82, 2.24) is 15.5 Å². The van der Waals surface area contributed by atoms with Crippen LogP contribution >= 0.6 is 12.4 Å². The first-order chi connectivity index (χ1) is 10.8. The molecular formula is C17H23ClN4O. The highest BCUT2D eigenvalue weighted by molar-refractivity contribution is 6.04. The number of H-pyrrole nitrogens is 1. The van der Waals surface area contributed by atoms with Gasteiger partial charge in [-0.05, 0) is 30.5 Å². The number of unbranched alkanes of at least 4 members (excludes halogenated alkanes) is 1. The Morgan fingerprint density at radius 1 is 1.30 bits per heavy atom. The molecule has 0 unspecified atom stereocenters. The molecule has 1 aliphatic rings. The molecule has 0 saturated heterocycles. The third-order valence-corrected chi connectivity index (χ3v) is 4.05. The van der Waals surface area contributed by atoms with Crippen molar-refractivity contribution in [3.8, 4) is 0 Å². The molecular weight excluding hydrogens is 312 g/mol. The Morgan fingerprint density at radius 2 is 2.09 bits per heavy atom. The summed E-state index contributed by atoms with van der Waals surface area (Å²) in [5.41, 5.74) is 4.67. The van der Waals surface area contributed by atoms with Crippen molar-refractivity contribution in [2.45, 2.75) is 39.2 Å². The molecule has 1 aromatic carbocycles. The lowest BCUT2D eigenvalue weighted by Gasteiger charge is -2.13. The number of benzene rings is 1. The van der Waals surface area contributed by atoms with Crippen LogP contribution in [0.25, 0.3) is 0 Å². The summed E-state index contributed by atoms with van der Waals surface area (Å²) in [6.07, 6.45) is 4.36. The van der Waals surface area contributed by atoms with Gasteiger partial charge in [-0.1, -0.05) is 25.5 Å². The maximum absolute atomic E-state index is 12.4. The summed E-state index contributed by atoms with van der Waals surface area (Å²) in [6.45, 7) is 3.81. The number of rotatable bonds is 5. The average Bonchev–Trinajstić information content (AvgIpc) is 2.98. The Labute approximate surface area is 142 Å². The second kappa shape index (κ2) is 8.13. The van der Waals surface area contributed by atoms with Crippen LogP contribution in [0.2, 0.25) is 0 Å². The standard InChI is InChI=1S/C17H22N4O.ClH/c1-2-3-4-12-5-7-13(8-6-12)19-17(22)16-14-11-18-10-9-15(14)20-21-16;/h5-8,18H,2-4,9-11H2,1H3,(H,19,22)(H,20,21);1H. The monoisotopic (exact) mass is 334 g/mol. The third-order valence-electron chi connectivity index (χ3n) is 4.05. The lowest BCUT2D eigenvalue weighted by atomic mass is 10.1. The summed E-state index contributed by atoms with van der Waals surface area (Å²) in [6, 6.07) is 8.07. The van der Waals surface area contributed by atoms with E-state index in [1.165, 1.54) is 18.4 Å². The van der Waals surface area contributed by atoms with E-state index in [0.717, 1.165) is 36.3 Å². The molecule has 0 spiro atoms. The molecule has 1 aromatic heterocycles. The molecule has 2 heterocycles.